The molecule has 1 unspecified atom stereocenters. The van der Waals surface area contributed by atoms with Crippen molar-refractivity contribution in [3.8, 4) is 0 Å². The minimum Gasteiger partial charge on any atom is -0.304 e. The van der Waals surface area contributed by atoms with Crippen molar-refractivity contribution in [3.05, 3.63) is 83.8 Å². The van der Waals surface area contributed by atoms with Gasteiger partial charge in [-0.2, -0.15) is 0 Å². The minimum atomic E-state index is -0.925. The first-order valence-corrected chi connectivity index (χ1v) is 11.1. The van der Waals surface area contributed by atoms with Crippen LogP contribution >= 0.6 is 0 Å². The number of nitrogens with zero attached hydrogens (tertiary/aromatic N) is 5. The number of nitrogens with one attached hydrogen (secondary N) is 1. The van der Waals surface area contributed by atoms with Crippen LogP contribution < -0.4 is 0 Å². The summed E-state index contributed by atoms with van der Waals surface area (Å²) in [6.07, 6.45) is 1.93. The molecule has 34 heavy (non-hydrogen) atoms. The number of aromatic amines is 1. The Morgan fingerprint density at radius 1 is 1.03 bits per heavy atom. The number of hydrogen-bond acceptors (Lipinski definition) is 6. The maximum absolute atomic E-state index is 14.0. The van der Waals surface area contributed by atoms with Crippen molar-refractivity contribution in [1.82, 2.24) is 30.4 Å². The lowest BCUT2D eigenvalue weighted by molar-refractivity contribution is -0.144. The third-order valence-corrected chi connectivity index (χ3v) is 5.84. The van der Waals surface area contributed by atoms with Crippen molar-refractivity contribution in [2.24, 2.45) is 5.92 Å². The summed E-state index contributed by atoms with van der Waals surface area (Å²) in [7, 11) is 0. The van der Waals surface area contributed by atoms with Crippen LogP contribution in [0.3, 0.4) is 0 Å². The van der Waals surface area contributed by atoms with Gasteiger partial charge >= 0.3 is 0 Å². The summed E-state index contributed by atoms with van der Waals surface area (Å²) in [4.78, 5) is 43.2. The molecule has 0 spiro atoms. The topological polar surface area (TPSA) is 112 Å². The van der Waals surface area contributed by atoms with E-state index >= 15 is 0 Å². The van der Waals surface area contributed by atoms with Crippen LogP contribution in [0.4, 0.5) is 0 Å². The smallest absolute Gasteiger partial charge is 0.251 e. The third-order valence-electron chi connectivity index (χ3n) is 5.84. The molecule has 2 amide bonds. The Morgan fingerprint density at radius 3 is 2.24 bits per heavy atom. The maximum atomic E-state index is 14.0. The molecular formula is C25H26N6O3. The molecule has 0 bridgehead atoms. The van der Waals surface area contributed by atoms with Gasteiger partial charge in [-0.3, -0.25) is 19.3 Å². The summed E-state index contributed by atoms with van der Waals surface area (Å²) in [6.45, 7) is 5.20. The van der Waals surface area contributed by atoms with E-state index in [4.69, 9.17) is 0 Å². The van der Waals surface area contributed by atoms with E-state index in [9.17, 15) is 14.4 Å². The van der Waals surface area contributed by atoms with Gasteiger partial charge in [-0.15, -0.1) is 5.10 Å². The standard InChI is InChI=1S/C25H26N6O3/c1-16(2)22-25(34)31(21(15-30(22)17(3)32)19-12-8-5-9-13-19)20(14-18-10-6-4-7-11-18)23(33)24-26-28-29-27-24/h4-13,15-16,20,22H,14H2,1-3H3,(H,26,27,28,29)/t20-,22?/m0/s1. The molecule has 0 radical (unpaired) electrons. The first-order chi connectivity index (χ1) is 16.4. The molecule has 1 N–H and O–H groups in total. The van der Waals surface area contributed by atoms with E-state index in [2.05, 4.69) is 20.6 Å². The number of benzene rings is 2. The van der Waals surface area contributed by atoms with E-state index in [1.807, 2.05) is 74.5 Å². The van der Waals surface area contributed by atoms with Gasteiger partial charge in [-0.1, -0.05) is 74.5 Å². The van der Waals surface area contributed by atoms with Crippen LogP contribution in [0.15, 0.2) is 66.9 Å². The van der Waals surface area contributed by atoms with Crippen LogP contribution in [0, 0.1) is 5.92 Å². The van der Waals surface area contributed by atoms with E-state index in [0.717, 1.165) is 5.56 Å². The van der Waals surface area contributed by atoms with Gasteiger partial charge in [0.2, 0.25) is 17.5 Å². The second kappa shape index (κ2) is 9.78. The Balaban J connectivity index is 1.90. The van der Waals surface area contributed by atoms with E-state index in [1.54, 1.807) is 6.20 Å². The number of amides is 2. The lowest BCUT2D eigenvalue weighted by Gasteiger charge is -2.43. The van der Waals surface area contributed by atoms with Crippen LogP contribution in [0.1, 0.15) is 42.5 Å². The molecule has 1 aliphatic heterocycles. The molecule has 9 heteroatoms. The molecule has 1 aromatic heterocycles. The van der Waals surface area contributed by atoms with Gasteiger partial charge in [0.05, 0.1) is 5.70 Å². The van der Waals surface area contributed by atoms with E-state index < -0.39 is 17.9 Å². The molecule has 2 heterocycles. The predicted molar refractivity (Wildman–Crippen MR) is 125 cm³/mol. The normalized spacial score (nSPS) is 17.0. The van der Waals surface area contributed by atoms with Crippen molar-refractivity contribution in [1.29, 1.82) is 0 Å². The number of tetrazole rings is 1. The summed E-state index contributed by atoms with van der Waals surface area (Å²) in [5, 5.41) is 13.4. The average molecular weight is 459 g/mol. The molecule has 174 valence electrons. The SMILES string of the molecule is CC(=O)N1C=C(c2ccccc2)N([C@@H](Cc2ccccc2)C(=O)c2nnn[nH]2)C(=O)C1C(C)C. The summed E-state index contributed by atoms with van der Waals surface area (Å²) >= 11 is 0. The van der Waals surface area contributed by atoms with Gasteiger partial charge in [0, 0.05) is 19.5 Å². The molecule has 0 fully saturated rings. The van der Waals surface area contributed by atoms with Crippen LogP contribution in [0.2, 0.25) is 0 Å². The highest BCUT2D eigenvalue weighted by Gasteiger charge is 2.44. The van der Waals surface area contributed by atoms with Crippen molar-refractivity contribution in [3.63, 3.8) is 0 Å². The number of Topliss-reactive ketones (excluding diaryl/α,β-unsaturated/α-hetero) is 1. The molecule has 1 aliphatic rings. The maximum Gasteiger partial charge on any atom is 0.251 e. The number of ketones is 1. The molecule has 0 saturated carbocycles. The zero-order valence-electron chi connectivity index (χ0n) is 19.3. The summed E-state index contributed by atoms with van der Waals surface area (Å²) in [6, 6.07) is 17.0. The second-order valence-corrected chi connectivity index (χ2v) is 8.52. The Kier molecular flexibility index (Phi) is 6.62. The molecule has 4 rings (SSSR count). The fraction of sp³-hybridized carbons (Fsp3) is 0.280. The molecule has 3 aromatic rings. The fourth-order valence-corrected chi connectivity index (χ4v) is 4.25. The summed E-state index contributed by atoms with van der Waals surface area (Å²) in [5.74, 6) is -1.19. The second-order valence-electron chi connectivity index (χ2n) is 8.52. The highest BCUT2D eigenvalue weighted by Crippen LogP contribution is 2.33. The summed E-state index contributed by atoms with van der Waals surface area (Å²) in [5.41, 5.74) is 2.06. The van der Waals surface area contributed by atoms with Gasteiger partial charge in [-0.05, 0) is 27.5 Å². The Hall–Kier alpha value is -4.14. The first-order valence-electron chi connectivity index (χ1n) is 11.1. The van der Waals surface area contributed by atoms with Gasteiger partial charge in [0.25, 0.3) is 5.91 Å². The quantitative estimate of drug-likeness (QED) is 0.545. The van der Waals surface area contributed by atoms with Gasteiger partial charge in [0.1, 0.15) is 12.1 Å². The molecule has 9 nitrogen and oxygen atoms in total. The van der Waals surface area contributed by atoms with Crippen LogP contribution in [0.25, 0.3) is 5.70 Å². The van der Waals surface area contributed by atoms with E-state index in [-0.39, 0.29) is 30.0 Å². The highest BCUT2D eigenvalue weighted by molar-refractivity contribution is 6.04. The van der Waals surface area contributed by atoms with Crippen molar-refractivity contribution in [2.45, 2.75) is 39.3 Å². The molecular weight excluding hydrogens is 432 g/mol. The van der Waals surface area contributed by atoms with Crippen LogP contribution in [-0.2, 0) is 16.0 Å². The van der Waals surface area contributed by atoms with Gasteiger partial charge in [-0.25, -0.2) is 5.10 Å². The molecule has 0 saturated heterocycles. The molecule has 0 aliphatic carbocycles. The van der Waals surface area contributed by atoms with Gasteiger partial charge < -0.3 is 4.90 Å². The van der Waals surface area contributed by atoms with Crippen molar-refractivity contribution >= 4 is 23.3 Å². The first kappa shape index (κ1) is 23.0. The Bertz CT molecular complexity index is 1190. The van der Waals surface area contributed by atoms with Crippen LogP contribution in [0.5, 0.6) is 0 Å². The van der Waals surface area contributed by atoms with Crippen LogP contribution in [-0.4, -0.2) is 60.1 Å². The largest absolute Gasteiger partial charge is 0.304 e. The zero-order valence-corrected chi connectivity index (χ0v) is 19.3. The van der Waals surface area contributed by atoms with E-state index in [0.29, 0.717) is 11.3 Å². The van der Waals surface area contributed by atoms with Crippen molar-refractivity contribution < 1.29 is 14.4 Å². The van der Waals surface area contributed by atoms with E-state index in [1.165, 1.54) is 16.7 Å². The lowest BCUT2D eigenvalue weighted by Crippen LogP contribution is -2.58. The number of carbonyl (C=O) groups excluding carboxylic acids is 3. The Morgan fingerprint density at radius 2 is 1.68 bits per heavy atom. The third kappa shape index (κ3) is 4.50. The predicted octanol–water partition coefficient (Wildman–Crippen LogP) is 2.71. The molecule has 2 aromatic carbocycles. The fourth-order valence-electron chi connectivity index (χ4n) is 4.25. The lowest BCUT2D eigenvalue weighted by atomic mass is 9.92. The Labute approximate surface area is 197 Å². The number of rotatable bonds is 7. The number of carbonyl (C=O) groups is 3. The van der Waals surface area contributed by atoms with Gasteiger partial charge in [0.15, 0.2) is 0 Å². The zero-order chi connectivity index (χ0) is 24.2. The number of hydrogen-bond donors (Lipinski definition) is 1. The summed E-state index contributed by atoms with van der Waals surface area (Å²) < 4.78 is 0. The van der Waals surface area contributed by atoms with Crippen molar-refractivity contribution in [2.75, 3.05) is 0 Å². The molecule has 2 atom stereocenters. The monoisotopic (exact) mass is 458 g/mol. The minimum absolute atomic E-state index is 0.0313. The number of aromatic nitrogens is 4. The highest BCUT2D eigenvalue weighted by atomic mass is 16.2. The number of H-pyrrole nitrogens is 1. The average Bonchev–Trinajstić information content (AvgIpc) is 3.38.